The topological polar surface area (TPSA) is 89.8 Å². The molecule has 114 valence electrons. The molecule has 6 nitrogen and oxygen atoms in total. The van der Waals surface area contributed by atoms with Crippen LogP contribution in [0, 0.1) is 0 Å². The van der Waals surface area contributed by atoms with Crippen LogP contribution in [0.4, 0.5) is 5.00 Å². The highest BCUT2D eigenvalue weighted by atomic mass is 32.1. The van der Waals surface area contributed by atoms with Crippen LogP contribution in [0.5, 0.6) is 0 Å². The van der Waals surface area contributed by atoms with Gasteiger partial charge in [0.05, 0.1) is 29.1 Å². The van der Waals surface area contributed by atoms with E-state index < -0.39 is 5.60 Å². The Morgan fingerprint density at radius 3 is 2.86 bits per heavy atom. The van der Waals surface area contributed by atoms with E-state index in [0.29, 0.717) is 12.2 Å². The number of thiophene rings is 1. The van der Waals surface area contributed by atoms with E-state index in [1.807, 2.05) is 35.8 Å². The lowest BCUT2D eigenvalue weighted by atomic mass is 10.0. The van der Waals surface area contributed by atoms with E-state index in [1.54, 1.807) is 18.5 Å². The number of anilines is 1. The van der Waals surface area contributed by atoms with Crippen molar-refractivity contribution in [1.82, 2.24) is 20.0 Å². The van der Waals surface area contributed by atoms with Gasteiger partial charge in [0.25, 0.3) is 0 Å². The van der Waals surface area contributed by atoms with Gasteiger partial charge in [-0.25, -0.2) is 4.68 Å². The third kappa shape index (κ3) is 3.15. The van der Waals surface area contributed by atoms with Gasteiger partial charge in [0, 0.05) is 10.9 Å². The van der Waals surface area contributed by atoms with Crippen LogP contribution in [0.25, 0.3) is 11.3 Å². The highest BCUT2D eigenvalue weighted by Crippen LogP contribution is 2.25. The largest absolute Gasteiger partial charge is 0.391 e. The molecule has 0 aliphatic rings. The summed E-state index contributed by atoms with van der Waals surface area (Å²) in [6, 6.07) is 7.47. The Morgan fingerprint density at radius 2 is 2.18 bits per heavy atom. The quantitative estimate of drug-likeness (QED) is 0.771. The summed E-state index contributed by atoms with van der Waals surface area (Å²) in [5.74, 6) is 0. The summed E-state index contributed by atoms with van der Waals surface area (Å²) >= 11 is 1.48. The van der Waals surface area contributed by atoms with Crippen molar-refractivity contribution in [2.24, 2.45) is 0 Å². The van der Waals surface area contributed by atoms with Crippen molar-refractivity contribution in [3.8, 4) is 11.3 Å². The molecule has 0 aliphatic carbocycles. The molecule has 0 aliphatic heterocycles. The SMILES string of the molecule is CC(C)(O)c1cccc(Cn2cc(-c3csc(N)c3)nn2)n1. The molecule has 22 heavy (non-hydrogen) atoms. The maximum Gasteiger partial charge on any atom is 0.113 e. The minimum atomic E-state index is -0.961. The van der Waals surface area contributed by atoms with Gasteiger partial charge in [-0.15, -0.1) is 16.4 Å². The van der Waals surface area contributed by atoms with Crippen LogP contribution in [-0.4, -0.2) is 25.1 Å². The third-order valence-electron chi connectivity index (χ3n) is 3.21. The Labute approximate surface area is 132 Å². The van der Waals surface area contributed by atoms with Crippen molar-refractivity contribution in [3.05, 3.63) is 47.2 Å². The molecule has 0 unspecified atom stereocenters. The van der Waals surface area contributed by atoms with Gasteiger partial charge in [-0.3, -0.25) is 4.98 Å². The fourth-order valence-electron chi connectivity index (χ4n) is 2.07. The van der Waals surface area contributed by atoms with Gasteiger partial charge in [0.15, 0.2) is 0 Å². The molecular weight excluding hydrogens is 298 g/mol. The van der Waals surface area contributed by atoms with Gasteiger partial charge in [0.1, 0.15) is 11.3 Å². The number of pyridine rings is 1. The van der Waals surface area contributed by atoms with Crippen LogP contribution in [0.1, 0.15) is 25.2 Å². The van der Waals surface area contributed by atoms with Crippen molar-refractivity contribution < 1.29 is 5.11 Å². The second kappa shape index (κ2) is 5.51. The maximum absolute atomic E-state index is 10.0. The number of aliphatic hydroxyl groups is 1. The monoisotopic (exact) mass is 315 g/mol. The number of rotatable bonds is 4. The molecule has 0 bridgehead atoms. The number of nitrogens with two attached hydrogens (primary N) is 1. The van der Waals surface area contributed by atoms with Gasteiger partial charge < -0.3 is 10.8 Å². The first-order chi connectivity index (χ1) is 10.4. The summed E-state index contributed by atoms with van der Waals surface area (Å²) in [5.41, 5.74) is 7.98. The lowest BCUT2D eigenvalue weighted by Crippen LogP contribution is -2.18. The maximum atomic E-state index is 10.0. The van der Waals surface area contributed by atoms with E-state index in [-0.39, 0.29) is 0 Å². The Bertz CT molecular complexity index is 787. The average molecular weight is 315 g/mol. The highest BCUT2D eigenvalue weighted by Gasteiger charge is 2.17. The summed E-state index contributed by atoms with van der Waals surface area (Å²) < 4.78 is 1.72. The van der Waals surface area contributed by atoms with Gasteiger partial charge in [-0.2, -0.15) is 0 Å². The zero-order valence-electron chi connectivity index (χ0n) is 12.4. The Hall–Kier alpha value is -2.25. The Kier molecular flexibility index (Phi) is 3.67. The summed E-state index contributed by atoms with van der Waals surface area (Å²) in [6.45, 7) is 3.93. The molecule has 3 aromatic heterocycles. The van der Waals surface area contributed by atoms with Crippen molar-refractivity contribution in [3.63, 3.8) is 0 Å². The fourth-order valence-corrected chi connectivity index (χ4v) is 2.72. The zero-order chi connectivity index (χ0) is 15.7. The van der Waals surface area contributed by atoms with Crippen LogP contribution in [0.15, 0.2) is 35.8 Å². The highest BCUT2D eigenvalue weighted by molar-refractivity contribution is 7.14. The van der Waals surface area contributed by atoms with Gasteiger partial charge in [-0.05, 0) is 32.0 Å². The standard InChI is InChI=1S/C15H17N5OS/c1-15(2,21)13-5-3-4-11(17-13)7-20-8-12(18-19-20)10-6-14(16)22-9-10/h3-6,8-9,21H,7,16H2,1-2H3. The van der Waals surface area contributed by atoms with Crippen LogP contribution in [-0.2, 0) is 12.1 Å². The first-order valence-electron chi connectivity index (χ1n) is 6.85. The van der Waals surface area contributed by atoms with Crippen LogP contribution >= 0.6 is 11.3 Å². The van der Waals surface area contributed by atoms with Crippen LogP contribution in [0.2, 0.25) is 0 Å². The molecule has 0 amide bonds. The van der Waals surface area contributed by atoms with Crippen molar-refractivity contribution >= 4 is 16.3 Å². The molecular formula is C15H17N5OS. The number of hydrogen-bond acceptors (Lipinski definition) is 6. The molecule has 3 aromatic rings. The molecule has 0 saturated carbocycles. The van der Waals surface area contributed by atoms with E-state index in [9.17, 15) is 5.11 Å². The number of nitrogens with zero attached hydrogens (tertiary/aromatic N) is 4. The Balaban J connectivity index is 1.81. The normalized spacial score (nSPS) is 11.8. The zero-order valence-corrected chi connectivity index (χ0v) is 13.2. The molecule has 3 N–H and O–H groups in total. The van der Waals surface area contributed by atoms with Gasteiger partial charge in [-0.1, -0.05) is 11.3 Å². The van der Waals surface area contributed by atoms with Crippen LogP contribution < -0.4 is 5.73 Å². The van der Waals surface area contributed by atoms with Crippen molar-refractivity contribution in [2.75, 3.05) is 5.73 Å². The smallest absolute Gasteiger partial charge is 0.113 e. The second-order valence-corrected chi connectivity index (χ2v) is 6.56. The molecule has 0 aromatic carbocycles. The summed E-state index contributed by atoms with van der Waals surface area (Å²) in [5, 5.41) is 21.0. The van der Waals surface area contributed by atoms with Crippen molar-refractivity contribution in [2.45, 2.75) is 26.0 Å². The van der Waals surface area contributed by atoms with E-state index in [2.05, 4.69) is 15.3 Å². The molecule has 0 atom stereocenters. The third-order valence-corrected chi connectivity index (χ3v) is 3.97. The fraction of sp³-hybridized carbons (Fsp3) is 0.267. The minimum absolute atomic E-state index is 0.497. The molecule has 0 saturated heterocycles. The number of hydrogen-bond donors (Lipinski definition) is 2. The molecule has 0 fully saturated rings. The summed E-state index contributed by atoms with van der Waals surface area (Å²) in [4.78, 5) is 4.47. The van der Waals surface area contributed by atoms with E-state index in [1.165, 1.54) is 11.3 Å². The lowest BCUT2D eigenvalue weighted by molar-refractivity contribution is 0.0736. The minimum Gasteiger partial charge on any atom is -0.391 e. The molecule has 7 heteroatoms. The summed E-state index contributed by atoms with van der Waals surface area (Å²) in [7, 11) is 0. The predicted molar refractivity (Wildman–Crippen MR) is 86.3 cm³/mol. The lowest BCUT2D eigenvalue weighted by Gasteiger charge is -2.17. The van der Waals surface area contributed by atoms with Gasteiger partial charge in [0.2, 0.25) is 0 Å². The number of aromatic nitrogens is 4. The molecule has 0 spiro atoms. The van der Waals surface area contributed by atoms with E-state index >= 15 is 0 Å². The van der Waals surface area contributed by atoms with Gasteiger partial charge >= 0.3 is 0 Å². The van der Waals surface area contributed by atoms with Crippen molar-refractivity contribution in [1.29, 1.82) is 0 Å². The molecule has 3 rings (SSSR count). The van der Waals surface area contributed by atoms with Crippen LogP contribution in [0.3, 0.4) is 0 Å². The van der Waals surface area contributed by atoms with E-state index in [0.717, 1.165) is 22.0 Å². The number of nitrogen functional groups attached to an aromatic ring is 1. The molecule has 3 heterocycles. The Morgan fingerprint density at radius 1 is 1.36 bits per heavy atom. The first kappa shape index (κ1) is 14.7. The van der Waals surface area contributed by atoms with E-state index in [4.69, 9.17) is 5.73 Å². The predicted octanol–water partition coefficient (Wildman–Crippen LogP) is 2.26. The molecule has 0 radical (unpaired) electrons. The summed E-state index contributed by atoms with van der Waals surface area (Å²) in [6.07, 6.45) is 1.86. The second-order valence-electron chi connectivity index (χ2n) is 5.61. The first-order valence-corrected chi connectivity index (χ1v) is 7.73. The average Bonchev–Trinajstić information content (AvgIpc) is 3.07.